The molecule has 45 heavy (non-hydrogen) atoms. The predicted molar refractivity (Wildman–Crippen MR) is 181 cm³/mol. The number of hydrogen-bond donors (Lipinski definition) is 2. The number of nitrogens with zero attached hydrogens (tertiary/aromatic N) is 1. The van der Waals surface area contributed by atoms with E-state index in [1.165, 1.54) is 0 Å². The minimum atomic E-state index is -0.863. The number of fused-ring (bicyclic) bond motifs is 3. The number of amides is 1. The predicted octanol–water partition coefficient (Wildman–Crippen LogP) is 7.98. The smallest absolute Gasteiger partial charge is 0.307 e. The number of aryl methyl sites for hydroxylation is 1. The quantitative estimate of drug-likeness (QED) is 0.193. The molecule has 7 nitrogen and oxygen atoms in total. The molecule has 2 aliphatic heterocycles. The van der Waals surface area contributed by atoms with Crippen molar-refractivity contribution in [2.45, 2.75) is 52.7 Å². The third-order valence-corrected chi connectivity index (χ3v) is 9.54. The molecule has 232 valence electrons. The molecule has 0 bridgehead atoms. The van der Waals surface area contributed by atoms with Crippen LogP contribution in [0.3, 0.4) is 0 Å². The van der Waals surface area contributed by atoms with Gasteiger partial charge in [0.05, 0.1) is 37.6 Å². The van der Waals surface area contributed by atoms with Gasteiger partial charge in [0.1, 0.15) is 11.9 Å². The molecule has 0 spiro atoms. The zero-order valence-corrected chi connectivity index (χ0v) is 26.9. The van der Waals surface area contributed by atoms with E-state index in [0.717, 1.165) is 68.6 Å². The Balaban J connectivity index is 1.43. The molecule has 2 heterocycles. The van der Waals surface area contributed by atoms with E-state index in [2.05, 4.69) is 40.8 Å². The van der Waals surface area contributed by atoms with Crippen molar-refractivity contribution in [2.24, 2.45) is 0 Å². The number of hydrogen-bond acceptors (Lipinski definition) is 6. The fourth-order valence-corrected chi connectivity index (χ4v) is 7.17. The standard InChI is InChI=1S/C37H38N2O5S/c1-22-9-11-25(12-10-22)34-24(3)35-30-19-26(13-14-27(30)21-39(45-4)36(35)23(2)29(34)20-33(40)41)37(42)38-31-7-5-6-8-32(31)44-28-15-17-43-18-16-28/h5-14,19,28H,15-18,20-21H2,1-4H3,(H,38,42)(H,40,41). The second-order valence-electron chi connectivity index (χ2n) is 11.7. The molecular formula is C37H38N2O5S. The summed E-state index contributed by atoms with van der Waals surface area (Å²) in [6.07, 6.45) is 3.65. The van der Waals surface area contributed by atoms with Gasteiger partial charge in [-0.05, 0) is 84.0 Å². The minimum Gasteiger partial charge on any atom is -0.488 e. The van der Waals surface area contributed by atoms with Crippen LogP contribution in [0.15, 0.2) is 66.7 Å². The van der Waals surface area contributed by atoms with Crippen molar-refractivity contribution in [2.75, 3.05) is 29.1 Å². The lowest BCUT2D eigenvalue weighted by molar-refractivity contribution is -0.136. The molecule has 0 aliphatic carbocycles. The van der Waals surface area contributed by atoms with Crippen LogP contribution in [0.5, 0.6) is 5.75 Å². The first-order valence-electron chi connectivity index (χ1n) is 15.3. The summed E-state index contributed by atoms with van der Waals surface area (Å²) < 4.78 is 14.0. The molecule has 2 N–H and O–H groups in total. The molecule has 8 heteroatoms. The maximum Gasteiger partial charge on any atom is 0.307 e. The molecule has 0 atom stereocenters. The lowest BCUT2D eigenvalue weighted by atomic mass is 9.80. The van der Waals surface area contributed by atoms with Gasteiger partial charge in [0.2, 0.25) is 0 Å². The number of carbonyl (C=O) groups excluding carboxylic acids is 1. The molecule has 4 aromatic rings. The van der Waals surface area contributed by atoms with Crippen molar-refractivity contribution in [3.63, 3.8) is 0 Å². The molecule has 0 saturated carbocycles. The van der Waals surface area contributed by atoms with Crippen molar-refractivity contribution < 1.29 is 24.2 Å². The lowest BCUT2D eigenvalue weighted by Gasteiger charge is -2.36. The number of ether oxygens (including phenoxy) is 2. The van der Waals surface area contributed by atoms with Crippen LogP contribution in [0, 0.1) is 20.8 Å². The maximum absolute atomic E-state index is 13.8. The highest BCUT2D eigenvalue weighted by Crippen LogP contribution is 2.50. The summed E-state index contributed by atoms with van der Waals surface area (Å²) in [5, 5.41) is 13.0. The Labute approximate surface area is 268 Å². The first-order chi connectivity index (χ1) is 21.7. The number of carboxylic acids is 1. The molecule has 2 aliphatic rings. The normalized spacial score (nSPS) is 14.4. The average Bonchev–Trinajstić information content (AvgIpc) is 3.04. The van der Waals surface area contributed by atoms with Crippen molar-refractivity contribution in [3.05, 3.63) is 100 Å². The Hall–Kier alpha value is -4.27. The molecule has 0 aromatic heterocycles. The number of anilines is 2. The van der Waals surface area contributed by atoms with Crippen molar-refractivity contribution in [3.8, 4) is 28.0 Å². The van der Waals surface area contributed by atoms with E-state index in [1.807, 2.05) is 62.6 Å². The van der Waals surface area contributed by atoms with E-state index in [9.17, 15) is 14.7 Å². The summed E-state index contributed by atoms with van der Waals surface area (Å²) >= 11 is 1.62. The molecule has 0 radical (unpaired) electrons. The molecule has 1 saturated heterocycles. The van der Waals surface area contributed by atoms with Crippen molar-refractivity contribution >= 4 is 35.2 Å². The Morgan fingerprint density at radius 2 is 1.71 bits per heavy atom. The SMILES string of the molecule is CSN1Cc2ccc(C(=O)Nc3ccccc3OC3CCOCC3)cc2-c2c(C)c(-c3ccc(C)cc3)c(CC(=O)O)c(C)c21. The Kier molecular flexibility index (Phi) is 8.88. The summed E-state index contributed by atoms with van der Waals surface area (Å²) in [6.45, 7) is 8.13. The number of carboxylic acid groups (broad SMARTS) is 1. The number of para-hydroxylation sites is 2. The first kappa shape index (κ1) is 30.7. The summed E-state index contributed by atoms with van der Waals surface area (Å²) in [5.41, 5.74) is 11.2. The van der Waals surface area contributed by atoms with E-state index >= 15 is 0 Å². The second-order valence-corrected chi connectivity index (χ2v) is 12.5. The number of carbonyl (C=O) groups is 2. The third kappa shape index (κ3) is 6.17. The molecule has 1 amide bonds. The zero-order chi connectivity index (χ0) is 31.7. The van der Waals surface area contributed by atoms with Gasteiger partial charge in [-0.15, -0.1) is 0 Å². The van der Waals surface area contributed by atoms with Crippen LogP contribution in [0.25, 0.3) is 22.3 Å². The highest BCUT2D eigenvalue weighted by atomic mass is 32.2. The van der Waals surface area contributed by atoms with E-state index in [0.29, 0.717) is 36.8 Å². The van der Waals surface area contributed by atoms with Crippen molar-refractivity contribution in [1.82, 2.24) is 0 Å². The average molecular weight is 623 g/mol. The number of benzene rings is 4. The minimum absolute atomic E-state index is 0.0522. The highest BCUT2D eigenvalue weighted by Gasteiger charge is 2.31. The van der Waals surface area contributed by atoms with Crippen LogP contribution in [0.2, 0.25) is 0 Å². The summed E-state index contributed by atoms with van der Waals surface area (Å²) in [6, 6.07) is 21.7. The van der Waals surface area contributed by atoms with E-state index in [-0.39, 0.29) is 18.4 Å². The van der Waals surface area contributed by atoms with Gasteiger partial charge in [0.15, 0.2) is 0 Å². The van der Waals surface area contributed by atoms with E-state index in [1.54, 1.807) is 11.9 Å². The largest absolute Gasteiger partial charge is 0.488 e. The second kappa shape index (κ2) is 13.0. The zero-order valence-electron chi connectivity index (χ0n) is 26.1. The number of nitrogens with one attached hydrogen (secondary N) is 1. The Bertz CT molecular complexity index is 1760. The van der Waals surface area contributed by atoms with Crippen LogP contribution in [0.4, 0.5) is 11.4 Å². The van der Waals surface area contributed by atoms with E-state index in [4.69, 9.17) is 9.47 Å². The monoisotopic (exact) mass is 622 g/mol. The van der Waals surface area contributed by atoms with Gasteiger partial charge in [-0.1, -0.05) is 60.0 Å². The van der Waals surface area contributed by atoms with Gasteiger partial charge in [-0.25, -0.2) is 0 Å². The summed E-state index contributed by atoms with van der Waals surface area (Å²) in [5.74, 6) is -0.431. The molecule has 1 fully saturated rings. The highest BCUT2D eigenvalue weighted by molar-refractivity contribution is 7.99. The fraction of sp³-hybridized carbons (Fsp3) is 0.297. The summed E-state index contributed by atoms with van der Waals surface area (Å²) in [7, 11) is 0. The van der Waals surface area contributed by atoms with Crippen LogP contribution < -0.4 is 14.4 Å². The molecular weight excluding hydrogens is 584 g/mol. The first-order valence-corrected chi connectivity index (χ1v) is 16.5. The van der Waals surface area contributed by atoms with Gasteiger partial charge < -0.3 is 24.2 Å². The van der Waals surface area contributed by atoms with Gasteiger partial charge in [-0.3, -0.25) is 9.59 Å². The Morgan fingerprint density at radius 1 is 0.978 bits per heavy atom. The lowest BCUT2D eigenvalue weighted by Crippen LogP contribution is -2.26. The maximum atomic E-state index is 13.8. The van der Waals surface area contributed by atoms with Crippen molar-refractivity contribution in [1.29, 1.82) is 0 Å². The topological polar surface area (TPSA) is 88.1 Å². The molecule has 4 aromatic carbocycles. The number of rotatable bonds is 8. The van der Waals surface area contributed by atoms with Crippen LogP contribution in [-0.4, -0.2) is 42.6 Å². The molecule has 6 rings (SSSR count). The van der Waals surface area contributed by atoms with E-state index < -0.39 is 5.97 Å². The van der Waals surface area contributed by atoms with Crippen LogP contribution >= 0.6 is 11.9 Å². The van der Waals surface area contributed by atoms with Crippen LogP contribution in [-0.2, 0) is 22.5 Å². The van der Waals surface area contributed by atoms with Gasteiger partial charge in [0, 0.05) is 30.2 Å². The number of aliphatic carboxylic acids is 1. The van der Waals surface area contributed by atoms with Gasteiger partial charge >= 0.3 is 5.97 Å². The van der Waals surface area contributed by atoms with Gasteiger partial charge in [-0.2, -0.15) is 0 Å². The Morgan fingerprint density at radius 3 is 2.42 bits per heavy atom. The summed E-state index contributed by atoms with van der Waals surface area (Å²) in [4.78, 5) is 25.9. The molecule has 0 unspecified atom stereocenters. The fourth-order valence-electron chi connectivity index (χ4n) is 6.49. The van der Waals surface area contributed by atoms with Crippen LogP contribution in [0.1, 0.15) is 51.0 Å². The van der Waals surface area contributed by atoms with Gasteiger partial charge in [0.25, 0.3) is 5.91 Å². The third-order valence-electron chi connectivity index (χ3n) is 8.79.